The molecule has 100 valence electrons. The van der Waals surface area contributed by atoms with Crippen LogP contribution >= 0.6 is 22.9 Å². The van der Waals surface area contributed by atoms with Crippen molar-refractivity contribution in [3.05, 3.63) is 50.4 Å². The summed E-state index contributed by atoms with van der Waals surface area (Å²) in [5.41, 5.74) is 1.69. The molecule has 19 heavy (non-hydrogen) atoms. The number of halogens is 1. The van der Waals surface area contributed by atoms with Gasteiger partial charge < -0.3 is 5.32 Å². The van der Waals surface area contributed by atoms with Crippen LogP contribution in [0.15, 0.2) is 24.3 Å². The molecule has 0 aliphatic heterocycles. The monoisotopic (exact) mass is 294 g/mol. The second-order valence-electron chi connectivity index (χ2n) is 4.25. The smallest absolute Gasteiger partial charge is 0.251 e. The average molecular weight is 295 g/mol. The van der Waals surface area contributed by atoms with E-state index in [1.165, 1.54) is 4.88 Å². The van der Waals surface area contributed by atoms with Crippen molar-refractivity contribution in [1.29, 1.82) is 0 Å². The van der Waals surface area contributed by atoms with Gasteiger partial charge in [0.2, 0.25) is 0 Å². The van der Waals surface area contributed by atoms with Crippen LogP contribution in [0.4, 0.5) is 0 Å². The quantitative estimate of drug-likeness (QED) is 0.939. The molecule has 1 heterocycles. The molecule has 0 saturated carbocycles. The predicted molar refractivity (Wildman–Crippen MR) is 79.1 cm³/mol. The van der Waals surface area contributed by atoms with Gasteiger partial charge in [-0.1, -0.05) is 11.6 Å². The summed E-state index contributed by atoms with van der Waals surface area (Å²) < 4.78 is 0. The Morgan fingerprint density at radius 2 is 2.00 bits per heavy atom. The van der Waals surface area contributed by atoms with E-state index >= 15 is 0 Å². The summed E-state index contributed by atoms with van der Waals surface area (Å²) in [5, 5.41) is 4.60. The standard InChI is InChI=1S/C14H15ClN2OS/c1-9-13(19-10(2)17-9)7-8-16-14(18)11-3-5-12(15)6-4-11/h3-6H,7-8H2,1-2H3,(H,16,18). The summed E-state index contributed by atoms with van der Waals surface area (Å²) in [4.78, 5) is 17.5. The molecule has 1 amide bonds. The van der Waals surface area contributed by atoms with E-state index in [9.17, 15) is 4.79 Å². The van der Waals surface area contributed by atoms with E-state index in [2.05, 4.69) is 10.3 Å². The van der Waals surface area contributed by atoms with Gasteiger partial charge in [0.15, 0.2) is 0 Å². The number of hydrogen-bond acceptors (Lipinski definition) is 3. The van der Waals surface area contributed by atoms with E-state index in [-0.39, 0.29) is 5.91 Å². The fraction of sp³-hybridized carbons (Fsp3) is 0.286. The van der Waals surface area contributed by atoms with Gasteiger partial charge in [-0.05, 0) is 38.1 Å². The van der Waals surface area contributed by atoms with Crippen LogP contribution in [-0.2, 0) is 6.42 Å². The Morgan fingerprint density at radius 3 is 2.58 bits per heavy atom. The number of nitrogens with one attached hydrogen (secondary N) is 1. The minimum atomic E-state index is -0.0736. The Labute approximate surface area is 121 Å². The molecule has 5 heteroatoms. The van der Waals surface area contributed by atoms with Crippen LogP contribution in [0.3, 0.4) is 0 Å². The van der Waals surface area contributed by atoms with E-state index in [0.717, 1.165) is 17.1 Å². The number of amides is 1. The second kappa shape index (κ2) is 6.17. The highest BCUT2D eigenvalue weighted by Crippen LogP contribution is 2.17. The topological polar surface area (TPSA) is 42.0 Å². The molecule has 1 aromatic heterocycles. The van der Waals surface area contributed by atoms with Crippen molar-refractivity contribution in [3.8, 4) is 0 Å². The van der Waals surface area contributed by atoms with Gasteiger partial charge in [-0.2, -0.15) is 0 Å². The molecular formula is C14H15ClN2OS. The van der Waals surface area contributed by atoms with Gasteiger partial charge in [0, 0.05) is 28.4 Å². The van der Waals surface area contributed by atoms with Crippen molar-refractivity contribution >= 4 is 28.8 Å². The van der Waals surface area contributed by atoms with Gasteiger partial charge >= 0.3 is 0 Å². The van der Waals surface area contributed by atoms with Crippen LogP contribution in [0.5, 0.6) is 0 Å². The lowest BCUT2D eigenvalue weighted by Gasteiger charge is -2.04. The maximum Gasteiger partial charge on any atom is 0.251 e. The number of carbonyl (C=O) groups excluding carboxylic acids is 1. The zero-order valence-corrected chi connectivity index (χ0v) is 12.4. The number of rotatable bonds is 4. The fourth-order valence-electron chi connectivity index (χ4n) is 1.80. The number of aryl methyl sites for hydroxylation is 2. The number of nitrogens with zero attached hydrogens (tertiary/aromatic N) is 1. The van der Waals surface area contributed by atoms with E-state index in [0.29, 0.717) is 17.1 Å². The van der Waals surface area contributed by atoms with Crippen LogP contribution in [0.1, 0.15) is 25.9 Å². The van der Waals surface area contributed by atoms with Gasteiger partial charge in [-0.15, -0.1) is 11.3 Å². The molecule has 1 N–H and O–H groups in total. The van der Waals surface area contributed by atoms with Gasteiger partial charge in [0.05, 0.1) is 10.7 Å². The third-order valence-corrected chi connectivity index (χ3v) is 4.13. The highest BCUT2D eigenvalue weighted by molar-refractivity contribution is 7.11. The van der Waals surface area contributed by atoms with Crippen LogP contribution in [0.2, 0.25) is 5.02 Å². The van der Waals surface area contributed by atoms with Crippen molar-refractivity contribution < 1.29 is 4.79 Å². The molecule has 2 aromatic rings. The third-order valence-electron chi connectivity index (χ3n) is 2.74. The fourth-order valence-corrected chi connectivity index (χ4v) is 2.86. The van der Waals surface area contributed by atoms with Gasteiger partial charge in [0.25, 0.3) is 5.91 Å². The summed E-state index contributed by atoms with van der Waals surface area (Å²) >= 11 is 7.47. The van der Waals surface area contributed by atoms with E-state index < -0.39 is 0 Å². The summed E-state index contributed by atoms with van der Waals surface area (Å²) in [6.45, 7) is 4.61. The number of carbonyl (C=O) groups is 1. The highest BCUT2D eigenvalue weighted by Gasteiger charge is 2.07. The lowest BCUT2D eigenvalue weighted by molar-refractivity contribution is 0.0954. The van der Waals surface area contributed by atoms with Crippen molar-refractivity contribution in [2.75, 3.05) is 6.54 Å². The van der Waals surface area contributed by atoms with Crippen molar-refractivity contribution in [2.24, 2.45) is 0 Å². The van der Waals surface area contributed by atoms with Gasteiger partial charge in [-0.25, -0.2) is 4.98 Å². The van der Waals surface area contributed by atoms with E-state index in [1.54, 1.807) is 35.6 Å². The molecule has 0 atom stereocenters. The summed E-state index contributed by atoms with van der Waals surface area (Å²) in [7, 11) is 0. The van der Waals surface area contributed by atoms with Crippen LogP contribution in [-0.4, -0.2) is 17.4 Å². The largest absolute Gasteiger partial charge is 0.352 e. The Balaban J connectivity index is 1.87. The first-order valence-electron chi connectivity index (χ1n) is 6.03. The highest BCUT2D eigenvalue weighted by atomic mass is 35.5. The molecule has 0 bridgehead atoms. The zero-order valence-electron chi connectivity index (χ0n) is 10.9. The van der Waals surface area contributed by atoms with Crippen molar-refractivity contribution in [2.45, 2.75) is 20.3 Å². The average Bonchev–Trinajstić information content (AvgIpc) is 2.68. The maximum absolute atomic E-state index is 11.9. The number of aromatic nitrogens is 1. The molecular weight excluding hydrogens is 280 g/mol. The van der Waals surface area contributed by atoms with Crippen molar-refractivity contribution in [3.63, 3.8) is 0 Å². The first-order valence-corrected chi connectivity index (χ1v) is 7.22. The second-order valence-corrected chi connectivity index (χ2v) is 5.98. The minimum absolute atomic E-state index is 0.0736. The molecule has 0 fully saturated rings. The summed E-state index contributed by atoms with van der Waals surface area (Å²) in [6, 6.07) is 6.87. The Kier molecular flexibility index (Phi) is 4.56. The predicted octanol–water partition coefficient (Wildman–Crippen LogP) is 3.39. The normalized spacial score (nSPS) is 10.5. The van der Waals surface area contributed by atoms with E-state index in [4.69, 9.17) is 11.6 Å². The Bertz CT molecular complexity index is 578. The lowest BCUT2D eigenvalue weighted by Crippen LogP contribution is -2.25. The number of hydrogen-bond donors (Lipinski definition) is 1. The first kappa shape index (κ1) is 14.0. The van der Waals surface area contributed by atoms with Crippen LogP contribution in [0.25, 0.3) is 0 Å². The molecule has 0 aliphatic rings. The van der Waals surface area contributed by atoms with Crippen molar-refractivity contribution in [1.82, 2.24) is 10.3 Å². The zero-order chi connectivity index (χ0) is 13.8. The molecule has 0 aliphatic carbocycles. The molecule has 2 rings (SSSR count). The summed E-state index contributed by atoms with van der Waals surface area (Å²) in [5.74, 6) is -0.0736. The van der Waals surface area contributed by atoms with Crippen LogP contribution in [0, 0.1) is 13.8 Å². The Hall–Kier alpha value is -1.39. The molecule has 0 unspecified atom stereocenters. The number of thiazole rings is 1. The van der Waals surface area contributed by atoms with Gasteiger partial charge in [-0.3, -0.25) is 4.79 Å². The summed E-state index contributed by atoms with van der Waals surface area (Å²) in [6.07, 6.45) is 0.816. The van der Waals surface area contributed by atoms with Crippen LogP contribution < -0.4 is 5.32 Å². The number of benzene rings is 1. The first-order chi connectivity index (χ1) is 9.06. The van der Waals surface area contributed by atoms with E-state index in [1.807, 2.05) is 13.8 Å². The molecule has 0 spiro atoms. The third kappa shape index (κ3) is 3.78. The lowest BCUT2D eigenvalue weighted by atomic mass is 10.2. The molecule has 3 nitrogen and oxygen atoms in total. The SMILES string of the molecule is Cc1nc(C)c(CCNC(=O)c2ccc(Cl)cc2)s1. The Morgan fingerprint density at radius 1 is 1.32 bits per heavy atom. The van der Waals surface area contributed by atoms with Gasteiger partial charge in [0.1, 0.15) is 0 Å². The molecule has 0 radical (unpaired) electrons. The molecule has 0 saturated heterocycles. The minimum Gasteiger partial charge on any atom is -0.352 e. The molecule has 1 aromatic carbocycles. The maximum atomic E-state index is 11.9.